The van der Waals surface area contributed by atoms with Gasteiger partial charge in [-0.2, -0.15) is 4.31 Å². The summed E-state index contributed by atoms with van der Waals surface area (Å²) in [6.45, 7) is 7.19. The smallest absolute Gasteiger partial charge is 0.214 e. The number of fused-ring (bicyclic) bond motifs is 1. The standard InChI is InChI=1S/C13H27N3O2S/c1-2-14-7-5-11-19(17,18)16-10-9-15-8-4-3-6-13(15)12-16/h13-14H,2-12H2,1H3. The Bertz CT molecular complexity index is 372. The number of piperidine rings is 1. The summed E-state index contributed by atoms with van der Waals surface area (Å²) < 4.78 is 26.3. The van der Waals surface area contributed by atoms with Gasteiger partial charge in [0.2, 0.25) is 10.0 Å². The molecule has 0 aromatic carbocycles. The lowest BCUT2D eigenvalue weighted by Gasteiger charge is -2.43. The van der Waals surface area contributed by atoms with Gasteiger partial charge in [0.1, 0.15) is 0 Å². The molecular formula is C13H27N3O2S. The maximum absolute atomic E-state index is 12.3. The minimum atomic E-state index is -3.05. The van der Waals surface area contributed by atoms with Crippen LogP contribution in [0, 0.1) is 0 Å². The average Bonchev–Trinajstić information content (AvgIpc) is 2.43. The van der Waals surface area contributed by atoms with Crippen LogP contribution in [0.5, 0.6) is 0 Å². The van der Waals surface area contributed by atoms with E-state index in [9.17, 15) is 8.42 Å². The average molecular weight is 289 g/mol. The molecule has 19 heavy (non-hydrogen) atoms. The van der Waals surface area contributed by atoms with Crippen molar-refractivity contribution in [3.8, 4) is 0 Å². The molecule has 2 fully saturated rings. The highest BCUT2D eigenvalue weighted by molar-refractivity contribution is 7.89. The van der Waals surface area contributed by atoms with Crippen molar-refractivity contribution in [2.45, 2.75) is 38.6 Å². The highest BCUT2D eigenvalue weighted by Gasteiger charge is 2.33. The van der Waals surface area contributed by atoms with Crippen molar-refractivity contribution in [1.82, 2.24) is 14.5 Å². The molecule has 5 nitrogen and oxygen atoms in total. The minimum Gasteiger partial charge on any atom is -0.317 e. The number of hydrogen-bond donors (Lipinski definition) is 1. The van der Waals surface area contributed by atoms with Crippen LogP contribution < -0.4 is 5.32 Å². The summed E-state index contributed by atoms with van der Waals surface area (Å²) in [6, 6.07) is 0.464. The van der Waals surface area contributed by atoms with E-state index in [1.54, 1.807) is 4.31 Å². The van der Waals surface area contributed by atoms with Crippen LogP contribution in [0.1, 0.15) is 32.6 Å². The van der Waals surface area contributed by atoms with Crippen LogP contribution in [0.3, 0.4) is 0 Å². The van der Waals surface area contributed by atoms with Crippen molar-refractivity contribution in [3.05, 3.63) is 0 Å². The molecule has 0 aromatic heterocycles. The molecule has 2 saturated heterocycles. The summed E-state index contributed by atoms with van der Waals surface area (Å²) in [4.78, 5) is 2.47. The van der Waals surface area contributed by atoms with Gasteiger partial charge in [0.15, 0.2) is 0 Å². The lowest BCUT2D eigenvalue weighted by molar-refractivity contribution is 0.0852. The van der Waals surface area contributed by atoms with E-state index >= 15 is 0 Å². The first-order valence-electron chi connectivity index (χ1n) is 7.56. The van der Waals surface area contributed by atoms with E-state index in [4.69, 9.17) is 0 Å². The molecule has 2 heterocycles. The van der Waals surface area contributed by atoms with Gasteiger partial charge < -0.3 is 5.32 Å². The van der Waals surface area contributed by atoms with E-state index in [1.807, 2.05) is 6.92 Å². The normalized spacial score (nSPS) is 26.3. The highest BCUT2D eigenvalue weighted by atomic mass is 32.2. The Labute approximate surface area is 117 Å². The van der Waals surface area contributed by atoms with Crippen molar-refractivity contribution in [2.75, 3.05) is 45.0 Å². The number of sulfonamides is 1. The maximum Gasteiger partial charge on any atom is 0.214 e. The van der Waals surface area contributed by atoms with Crippen LogP contribution >= 0.6 is 0 Å². The summed E-state index contributed by atoms with van der Waals surface area (Å²) >= 11 is 0. The number of nitrogens with one attached hydrogen (secondary N) is 1. The SMILES string of the molecule is CCNCCCS(=O)(=O)N1CCN2CCCCC2C1. The molecule has 0 radical (unpaired) electrons. The first-order chi connectivity index (χ1) is 9.13. The van der Waals surface area contributed by atoms with Gasteiger partial charge in [-0.15, -0.1) is 0 Å². The summed E-state index contributed by atoms with van der Waals surface area (Å²) in [5.74, 6) is 0.284. The highest BCUT2D eigenvalue weighted by Crippen LogP contribution is 2.22. The number of nitrogens with zero attached hydrogens (tertiary/aromatic N) is 2. The Kier molecular flexibility index (Phi) is 5.62. The molecule has 6 heteroatoms. The van der Waals surface area contributed by atoms with Crippen molar-refractivity contribution in [2.24, 2.45) is 0 Å². The van der Waals surface area contributed by atoms with E-state index in [-0.39, 0.29) is 5.75 Å². The lowest BCUT2D eigenvalue weighted by Crippen LogP contribution is -2.56. The lowest BCUT2D eigenvalue weighted by atomic mass is 10.0. The zero-order valence-electron chi connectivity index (χ0n) is 12.0. The van der Waals surface area contributed by atoms with Crippen molar-refractivity contribution in [1.29, 1.82) is 0 Å². The van der Waals surface area contributed by atoms with Gasteiger partial charge in [-0.1, -0.05) is 13.3 Å². The van der Waals surface area contributed by atoms with Crippen molar-refractivity contribution < 1.29 is 8.42 Å². The zero-order valence-corrected chi connectivity index (χ0v) is 12.8. The Morgan fingerprint density at radius 2 is 2.05 bits per heavy atom. The van der Waals surface area contributed by atoms with Gasteiger partial charge in [-0.25, -0.2) is 8.42 Å². The van der Waals surface area contributed by atoms with E-state index in [1.165, 1.54) is 12.8 Å². The second kappa shape index (κ2) is 7.02. The van der Waals surface area contributed by atoms with Gasteiger partial charge in [-0.3, -0.25) is 4.90 Å². The van der Waals surface area contributed by atoms with Crippen molar-refractivity contribution >= 4 is 10.0 Å². The van der Waals surface area contributed by atoms with Crippen LogP contribution in [0.4, 0.5) is 0 Å². The quantitative estimate of drug-likeness (QED) is 0.723. The van der Waals surface area contributed by atoms with Crippen LogP contribution in [-0.4, -0.2) is 68.7 Å². The summed E-state index contributed by atoms with van der Waals surface area (Å²) in [7, 11) is -3.05. The van der Waals surface area contributed by atoms with Crippen LogP contribution in [-0.2, 0) is 10.0 Å². The van der Waals surface area contributed by atoms with Gasteiger partial charge in [0.25, 0.3) is 0 Å². The zero-order chi connectivity index (χ0) is 13.7. The molecule has 1 atom stereocenters. The molecule has 112 valence electrons. The minimum absolute atomic E-state index is 0.284. The molecule has 1 N–H and O–H groups in total. The summed E-state index contributed by atoms with van der Waals surface area (Å²) in [5.41, 5.74) is 0. The van der Waals surface area contributed by atoms with Crippen molar-refractivity contribution in [3.63, 3.8) is 0 Å². The molecule has 0 spiro atoms. The Morgan fingerprint density at radius 3 is 2.84 bits per heavy atom. The predicted octanol–water partition coefficient (Wildman–Crippen LogP) is 0.486. The number of hydrogen-bond acceptors (Lipinski definition) is 4. The first-order valence-corrected chi connectivity index (χ1v) is 9.17. The molecular weight excluding hydrogens is 262 g/mol. The largest absolute Gasteiger partial charge is 0.317 e. The molecule has 2 aliphatic heterocycles. The molecule has 0 amide bonds. The molecule has 0 aliphatic carbocycles. The molecule has 2 rings (SSSR count). The second-order valence-corrected chi connectivity index (χ2v) is 7.66. The third-order valence-electron chi connectivity index (χ3n) is 4.20. The topological polar surface area (TPSA) is 52.7 Å². The second-order valence-electron chi connectivity index (χ2n) is 5.57. The van der Waals surface area contributed by atoms with E-state index < -0.39 is 10.0 Å². The summed E-state index contributed by atoms with van der Waals surface area (Å²) in [5, 5.41) is 3.18. The fourth-order valence-electron chi connectivity index (χ4n) is 3.07. The summed E-state index contributed by atoms with van der Waals surface area (Å²) in [6.07, 6.45) is 4.38. The molecule has 0 bridgehead atoms. The van der Waals surface area contributed by atoms with E-state index in [2.05, 4.69) is 10.2 Å². The molecule has 0 aromatic rings. The monoisotopic (exact) mass is 289 g/mol. The fraction of sp³-hybridized carbons (Fsp3) is 1.00. The fourth-order valence-corrected chi connectivity index (χ4v) is 4.59. The van der Waals surface area contributed by atoms with Gasteiger partial charge in [-0.05, 0) is 38.9 Å². The number of piperazine rings is 1. The van der Waals surface area contributed by atoms with Crippen LogP contribution in [0.15, 0.2) is 0 Å². The third kappa shape index (κ3) is 4.15. The third-order valence-corrected chi connectivity index (χ3v) is 6.12. The Hall–Kier alpha value is -0.170. The van der Waals surface area contributed by atoms with Gasteiger partial charge >= 0.3 is 0 Å². The first kappa shape index (κ1) is 15.2. The van der Waals surface area contributed by atoms with Crippen LogP contribution in [0.2, 0.25) is 0 Å². The maximum atomic E-state index is 12.3. The van der Waals surface area contributed by atoms with E-state index in [0.717, 1.165) is 32.6 Å². The Balaban J connectivity index is 1.83. The Morgan fingerprint density at radius 1 is 1.21 bits per heavy atom. The molecule has 1 unspecified atom stereocenters. The van der Waals surface area contributed by atoms with E-state index in [0.29, 0.717) is 25.6 Å². The van der Waals surface area contributed by atoms with Gasteiger partial charge in [0, 0.05) is 25.7 Å². The molecule has 0 saturated carbocycles. The van der Waals surface area contributed by atoms with Gasteiger partial charge in [0.05, 0.1) is 5.75 Å². The van der Waals surface area contributed by atoms with Crippen LogP contribution in [0.25, 0.3) is 0 Å². The predicted molar refractivity (Wildman–Crippen MR) is 77.7 cm³/mol. The number of rotatable bonds is 6. The molecule has 2 aliphatic rings.